The molecule has 1 saturated heterocycles. The summed E-state index contributed by atoms with van der Waals surface area (Å²) >= 11 is 6.10. The average molecular weight is 442 g/mol. The summed E-state index contributed by atoms with van der Waals surface area (Å²) in [6, 6.07) is 13.2. The third kappa shape index (κ3) is 4.71. The summed E-state index contributed by atoms with van der Waals surface area (Å²) < 4.78 is 7.63. The van der Waals surface area contributed by atoms with Crippen molar-refractivity contribution in [3.8, 4) is 11.4 Å². The normalized spacial score (nSPS) is 15.8. The van der Waals surface area contributed by atoms with E-state index in [1.165, 1.54) is 19.3 Å². The maximum absolute atomic E-state index is 11.2. The fourth-order valence-electron chi connectivity index (χ4n) is 4.49. The first-order valence-corrected chi connectivity index (χ1v) is 11.0. The van der Waals surface area contributed by atoms with Crippen molar-refractivity contribution in [2.75, 3.05) is 26.2 Å². The number of nitrogens with two attached hydrogens (primary N) is 1. The summed E-state index contributed by atoms with van der Waals surface area (Å²) in [6.45, 7) is 4.50. The average Bonchev–Trinajstić information content (AvgIpc) is 3.05. The first-order chi connectivity index (χ1) is 14.9. The summed E-state index contributed by atoms with van der Waals surface area (Å²) in [6.07, 6.45) is 3.01. The molecule has 31 heavy (non-hydrogen) atoms. The number of aliphatic hydroxyl groups is 1. The molecule has 1 fully saturated rings. The second kappa shape index (κ2) is 9.30. The molecule has 3 N–H and O–H groups in total. The van der Waals surface area contributed by atoms with Crippen LogP contribution in [0.1, 0.15) is 36.6 Å². The minimum absolute atomic E-state index is 0.184. The third-order valence-corrected chi connectivity index (χ3v) is 6.16. The highest BCUT2D eigenvalue weighted by Crippen LogP contribution is 2.36. The molecule has 1 aromatic heterocycles. The van der Waals surface area contributed by atoms with Gasteiger partial charge in [-0.3, -0.25) is 4.79 Å². The van der Waals surface area contributed by atoms with Gasteiger partial charge in [-0.2, -0.15) is 0 Å². The lowest BCUT2D eigenvalue weighted by Gasteiger charge is -2.28. The molecule has 0 spiro atoms. The highest BCUT2D eigenvalue weighted by molar-refractivity contribution is 6.30. The van der Waals surface area contributed by atoms with Gasteiger partial charge in [0, 0.05) is 40.0 Å². The van der Waals surface area contributed by atoms with Crippen molar-refractivity contribution in [3.63, 3.8) is 0 Å². The van der Waals surface area contributed by atoms with E-state index in [-0.39, 0.29) is 6.61 Å². The van der Waals surface area contributed by atoms with Gasteiger partial charge in [-0.05, 0) is 69.3 Å². The first-order valence-electron chi connectivity index (χ1n) is 10.7. The number of carbonyl (C=O) groups is 1. The fourth-order valence-corrected chi connectivity index (χ4v) is 4.61. The van der Waals surface area contributed by atoms with Gasteiger partial charge in [-0.15, -0.1) is 0 Å². The van der Waals surface area contributed by atoms with Gasteiger partial charge in [0.25, 0.3) is 5.91 Å². The standard InChI is InChI=1S/C24H28ClN3O3/c1-16-24(22(29)14-27-11-3-2-4-12-27)20-10-9-19(31-15-23(26)30)13-21(20)28(16)18-7-5-17(25)6-8-18/h5-10,13,22,29H,2-4,11-12,14-15H2,1H3,(H2,26,30). The SMILES string of the molecule is Cc1c(C(O)CN2CCCCC2)c2ccc(OCC(N)=O)cc2n1-c1ccc(Cl)cc1. The highest BCUT2D eigenvalue weighted by Gasteiger charge is 2.24. The van der Waals surface area contributed by atoms with Gasteiger partial charge in [-0.1, -0.05) is 18.0 Å². The maximum Gasteiger partial charge on any atom is 0.255 e. The zero-order valence-electron chi connectivity index (χ0n) is 17.7. The number of primary amides is 1. The number of piperidine rings is 1. The number of aromatic nitrogens is 1. The van der Waals surface area contributed by atoms with E-state index in [0.29, 0.717) is 17.3 Å². The molecule has 1 unspecified atom stereocenters. The Bertz CT molecular complexity index is 1070. The van der Waals surface area contributed by atoms with Crippen LogP contribution >= 0.6 is 11.6 Å². The molecule has 2 aromatic carbocycles. The lowest BCUT2D eigenvalue weighted by atomic mass is 10.0. The molecule has 1 aliphatic heterocycles. The van der Waals surface area contributed by atoms with Crippen LogP contribution in [0.4, 0.5) is 0 Å². The molecule has 1 aliphatic rings. The van der Waals surface area contributed by atoms with Gasteiger partial charge in [0.05, 0.1) is 11.6 Å². The van der Waals surface area contributed by atoms with Crippen molar-refractivity contribution in [1.29, 1.82) is 0 Å². The molecule has 6 nitrogen and oxygen atoms in total. The molecular weight excluding hydrogens is 414 g/mol. The Kier molecular flexibility index (Phi) is 6.51. The molecule has 1 atom stereocenters. The van der Waals surface area contributed by atoms with E-state index in [1.807, 2.05) is 49.4 Å². The van der Waals surface area contributed by atoms with E-state index >= 15 is 0 Å². The number of nitrogens with zero attached hydrogens (tertiary/aromatic N) is 2. The predicted molar refractivity (Wildman–Crippen MR) is 123 cm³/mol. The number of β-amino-alcohol motifs (C(OH)–C–C–N with tert-alkyl or cyclic N) is 1. The van der Waals surface area contributed by atoms with Crippen LogP contribution < -0.4 is 10.5 Å². The number of benzene rings is 2. The molecule has 7 heteroatoms. The van der Waals surface area contributed by atoms with Gasteiger partial charge in [0.2, 0.25) is 0 Å². The van der Waals surface area contributed by atoms with E-state index < -0.39 is 12.0 Å². The van der Waals surface area contributed by atoms with Crippen LogP contribution in [0.15, 0.2) is 42.5 Å². The number of halogens is 1. The monoisotopic (exact) mass is 441 g/mol. The van der Waals surface area contributed by atoms with Crippen LogP contribution in [0.2, 0.25) is 5.02 Å². The Morgan fingerprint density at radius 2 is 1.87 bits per heavy atom. The van der Waals surface area contributed by atoms with Gasteiger partial charge in [0.1, 0.15) is 5.75 Å². The molecule has 0 aliphatic carbocycles. The number of carbonyl (C=O) groups excluding carboxylic acids is 1. The second-order valence-electron chi connectivity index (χ2n) is 8.12. The number of hydrogen-bond acceptors (Lipinski definition) is 4. The zero-order valence-corrected chi connectivity index (χ0v) is 18.4. The van der Waals surface area contributed by atoms with Gasteiger partial charge in [-0.25, -0.2) is 0 Å². The van der Waals surface area contributed by atoms with Crippen molar-refractivity contribution < 1.29 is 14.6 Å². The van der Waals surface area contributed by atoms with Crippen LogP contribution in [0.5, 0.6) is 5.75 Å². The summed E-state index contributed by atoms with van der Waals surface area (Å²) in [7, 11) is 0. The van der Waals surface area contributed by atoms with Crippen molar-refractivity contribution in [2.24, 2.45) is 5.73 Å². The molecule has 1 amide bonds. The van der Waals surface area contributed by atoms with Crippen LogP contribution in [0, 0.1) is 6.92 Å². The first kappa shape index (κ1) is 21.7. The smallest absolute Gasteiger partial charge is 0.255 e. The summed E-state index contributed by atoms with van der Waals surface area (Å²) in [5.74, 6) is 0.0260. The molecule has 4 rings (SSSR count). The number of fused-ring (bicyclic) bond motifs is 1. The summed E-state index contributed by atoms with van der Waals surface area (Å²) in [4.78, 5) is 13.5. The van der Waals surface area contributed by atoms with Crippen LogP contribution in [0.3, 0.4) is 0 Å². The molecular formula is C24H28ClN3O3. The number of hydrogen-bond donors (Lipinski definition) is 2. The fraction of sp³-hybridized carbons (Fsp3) is 0.375. The number of likely N-dealkylation sites (tertiary alicyclic amines) is 1. The van der Waals surface area contributed by atoms with E-state index in [2.05, 4.69) is 9.47 Å². The second-order valence-corrected chi connectivity index (χ2v) is 8.56. The number of aliphatic hydroxyl groups excluding tert-OH is 1. The predicted octanol–water partition coefficient (Wildman–Crippen LogP) is 3.98. The van der Waals surface area contributed by atoms with E-state index in [9.17, 15) is 9.90 Å². The largest absolute Gasteiger partial charge is 0.484 e. The third-order valence-electron chi connectivity index (χ3n) is 5.90. The van der Waals surface area contributed by atoms with Crippen molar-refractivity contribution in [2.45, 2.75) is 32.3 Å². The Morgan fingerprint density at radius 1 is 1.16 bits per heavy atom. The minimum atomic E-state index is -0.605. The lowest BCUT2D eigenvalue weighted by Crippen LogP contribution is -2.33. The van der Waals surface area contributed by atoms with Crippen LogP contribution in [-0.4, -0.2) is 46.7 Å². The van der Waals surface area contributed by atoms with Gasteiger partial charge in [0.15, 0.2) is 6.61 Å². The van der Waals surface area contributed by atoms with Gasteiger partial charge < -0.3 is 25.0 Å². The summed E-state index contributed by atoms with van der Waals surface area (Å²) in [5, 5.41) is 12.9. The molecule has 2 heterocycles. The molecule has 3 aromatic rings. The summed E-state index contributed by atoms with van der Waals surface area (Å²) in [5.41, 5.74) is 8.94. The molecule has 0 radical (unpaired) electrons. The Morgan fingerprint density at radius 3 is 2.55 bits per heavy atom. The molecule has 0 bridgehead atoms. The number of rotatable bonds is 7. The van der Waals surface area contributed by atoms with E-state index in [1.54, 1.807) is 0 Å². The molecule has 164 valence electrons. The zero-order chi connectivity index (χ0) is 22.0. The van der Waals surface area contributed by atoms with Crippen LogP contribution in [0.25, 0.3) is 16.6 Å². The topological polar surface area (TPSA) is 80.7 Å². The van der Waals surface area contributed by atoms with E-state index in [0.717, 1.165) is 40.9 Å². The maximum atomic E-state index is 11.2. The van der Waals surface area contributed by atoms with Crippen LogP contribution in [-0.2, 0) is 4.79 Å². The van der Waals surface area contributed by atoms with Crippen molar-refractivity contribution in [3.05, 3.63) is 58.7 Å². The minimum Gasteiger partial charge on any atom is -0.484 e. The van der Waals surface area contributed by atoms with Gasteiger partial charge >= 0.3 is 0 Å². The Labute approximate surface area is 187 Å². The van der Waals surface area contributed by atoms with E-state index in [4.69, 9.17) is 22.1 Å². The lowest BCUT2D eigenvalue weighted by molar-refractivity contribution is -0.119. The number of ether oxygens (including phenoxy) is 1. The molecule has 0 saturated carbocycles. The van der Waals surface area contributed by atoms with Crippen molar-refractivity contribution >= 4 is 28.4 Å². The quantitative estimate of drug-likeness (QED) is 0.581. The Balaban J connectivity index is 1.78. The van der Waals surface area contributed by atoms with Crippen molar-refractivity contribution in [1.82, 2.24) is 9.47 Å². The number of amides is 1. The Hall–Kier alpha value is -2.54. The highest BCUT2D eigenvalue weighted by atomic mass is 35.5.